The van der Waals surface area contributed by atoms with Gasteiger partial charge in [0.25, 0.3) is 5.91 Å². The lowest BCUT2D eigenvalue weighted by atomic mass is 10.0. The monoisotopic (exact) mass is 457 g/mol. The van der Waals surface area contributed by atoms with E-state index in [9.17, 15) is 18.4 Å². The number of nitrogens with zero attached hydrogens (tertiary/aromatic N) is 6. The van der Waals surface area contributed by atoms with Gasteiger partial charge < -0.3 is 15.1 Å². The maximum Gasteiger partial charge on any atom is 0.257 e. The Kier molecular flexibility index (Phi) is 6.21. The molecule has 0 radical (unpaired) electrons. The summed E-state index contributed by atoms with van der Waals surface area (Å²) in [6.07, 6.45) is 3.21. The van der Waals surface area contributed by atoms with Crippen molar-refractivity contribution in [2.45, 2.75) is 19.9 Å². The Bertz CT molecular complexity index is 1170. The Balaban J connectivity index is 1.45. The van der Waals surface area contributed by atoms with Crippen molar-refractivity contribution < 1.29 is 18.4 Å². The maximum absolute atomic E-state index is 14.0. The number of nitrogens with one attached hydrogen (secondary N) is 1. The zero-order chi connectivity index (χ0) is 23.7. The van der Waals surface area contributed by atoms with Crippen molar-refractivity contribution in [3.05, 3.63) is 47.9 Å². The Morgan fingerprint density at radius 3 is 2.36 bits per heavy atom. The molecule has 1 fully saturated rings. The highest BCUT2D eigenvalue weighted by Crippen LogP contribution is 2.23. The van der Waals surface area contributed by atoms with Gasteiger partial charge in [0.05, 0.1) is 11.6 Å². The van der Waals surface area contributed by atoms with Crippen molar-refractivity contribution in [3.63, 3.8) is 0 Å². The third-order valence-corrected chi connectivity index (χ3v) is 5.81. The van der Waals surface area contributed by atoms with Crippen LogP contribution in [0.4, 0.5) is 14.6 Å². The van der Waals surface area contributed by atoms with Crippen molar-refractivity contribution in [2.24, 2.45) is 13.0 Å². The molecule has 0 unspecified atom stereocenters. The van der Waals surface area contributed by atoms with Gasteiger partial charge in [-0.25, -0.2) is 18.7 Å². The number of carbonyl (C=O) groups is 2. The molecule has 2 amide bonds. The smallest absolute Gasteiger partial charge is 0.257 e. The summed E-state index contributed by atoms with van der Waals surface area (Å²) in [5.41, 5.74) is 0.0338. The van der Waals surface area contributed by atoms with E-state index in [0.717, 1.165) is 29.0 Å². The van der Waals surface area contributed by atoms with E-state index >= 15 is 0 Å². The van der Waals surface area contributed by atoms with E-state index in [-0.39, 0.29) is 11.8 Å². The Morgan fingerprint density at radius 2 is 1.73 bits per heavy atom. The molecule has 1 aliphatic heterocycles. The van der Waals surface area contributed by atoms with Crippen molar-refractivity contribution >= 4 is 28.7 Å². The molecular formula is C22H25F2N7O2. The molecule has 3 aromatic rings. The lowest BCUT2D eigenvalue weighted by molar-refractivity contribution is -0.134. The second-order valence-corrected chi connectivity index (χ2v) is 8.31. The Morgan fingerprint density at radius 1 is 1.06 bits per heavy atom. The van der Waals surface area contributed by atoms with Gasteiger partial charge in [-0.05, 0) is 18.1 Å². The number of hydrogen-bond acceptors (Lipinski definition) is 6. The first-order valence-corrected chi connectivity index (χ1v) is 10.7. The fourth-order valence-corrected chi connectivity index (χ4v) is 3.98. The van der Waals surface area contributed by atoms with Gasteiger partial charge in [-0.2, -0.15) is 5.10 Å². The molecule has 33 heavy (non-hydrogen) atoms. The quantitative estimate of drug-likeness (QED) is 0.627. The molecule has 11 heteroatoms. The zero-order valence-corrected chi connectivity index (χ0v) is 18.6. The van der Waals surface area contributed by atoms with Gasteiger partial charge in [0, 0.05) is 33.2 Å². The fourth-order valence-electron chi connectivity index (χ4n) is 3.98. The van der Waals surface area contributed by atoms with Gasteiger partial charge in [-0.3, -0.25) is 14.3 Å². The normalized spacial score (nSPS) is 15.2. The molecule has 1 saturated heterocycles. The van der Waals surface area contributed by atoms with Crippen LogP contribution >= 0.6 is 0 Å². The fraction of sp³-hybridized carbons (Fsp3) is 0.409. The molecule has 1 aromatic carbocycles. The molecule has 3 heterocycles. The lowest BCUT2D eigenvalue weighted by Gasteiger charge is -2.37. The number of hydrogen-bond donors (Lipinski definition) is 1. The molecule has 1 atom stereocenters. The minimum atomic E-state index is -0.970. The van der Waals surface area contributed by atoms with Crippen LogP contribution in [0.2, 0.25) is 0 Å². The van der Waals surface area contributed by atoms with E-state index in [1.165, 1.54) is 12.4 Å². The van der Waals surface area contributed by atoms with Gasteiger partial charge >= 0.3 is 0 Å². The average Bonchev–Trinajstić information content (AvgIpc) is 3.18. The zero-order valence-electron chi connectivity index (χ0n) is 18.6. The topological polar surface area (TPSA) is 96.2 Å². The molecule has 174 valence electrons. The Hall–Kier alpha value is -3.63. The Labute approximate surface area is 189 Å². The van der Waals surface area contributed by atoms with Crippen LogP contribution in [0.5, 0.6) is 0 Å². The third kappa shape index (κ3) is 4.35. The minimum Gasteiger partial charge on any atom is -0.352 e. The van der Waals surface area contributed by atoms with E-state index < -0.39 is 29.1 Å². The second kappa shape index (κ2) is 9.08. The molecule has 1 aliphatic rings. The molecule has 0 bridgehead atoms. The van der Waals surface area contributed by atoms with Crippen molar-refractivity contribution in [3.8, 4) is 0 Å². The second-order valence-electron chi connectivity index (χ2n) is 8.31. The van der Waals surface area contributed by atoms with Gasteiger partial charge in [-0.15, -0.1) is 0 Å². The van der Waals surface area contributed by atoms with Crippen LogP contribution in [0.3, 0.4) is 0 Å². The molecule has 0 aliphatic carbocycles. The molecule has 4 rings (SSSR count). The van der Waals surface area contributed by atoms with Gasteiger partial charge in [0.15, 0.2) is 5.65 Å². The van der Waals surface area contributed by atoms with Gasteiger partial charge in [0.1, 0.15) is 35.4 Å². The SMILES string of the molecule is CC(C)[C@@H](NC(=O)c1c(F)cccc1F)C(=O)N1CCN(c2ncnc3c2cnn3C)CC1. The van der Waals surface area contributed by atoms with Crippen LogP contribution in [0, 0.1) is 17.6 Å². The molecule has 1 N–H and O–H groups in total. The van der Waals surface area contributed by atoms with Crippen molar-refractivity contribution in [1.82, 2.24) is 30.0 Å². The van der Waals surface area contributed by atoms with Crippen molar-refractivity contribution in [2.75, 3.05) is 31.1 Å². The summed E-state index contributed by atoms with van der Waals surface area (Å²) in [6, 6.07) is 2.29. The molecule has 0 saturated carbocycles. The predicted molar refractivity (Wildman–Crippen MR) is 118 cm³/mol. The first-order valence-electron chi connectivity index (χ1n) is 10.7. The van der Waals surface area contributed by atoms with E-state index in [4.69, 9.17) is 0 Å². The number of rotatable bonds is 5. The number of amides is 2. The van der Waals surface area contributed by atoms with E-state index in [0.29, 0.717) is 26.2 Å². The molecule has 0 spiro atoms. The predicted octanol–water partition coefficient (Wildman–Crippen LogP) is 1.74. The number of fused-ring (bicyclic) bond motifs is 1. The first-order chi connectivity index (χ1) is 15.8. The molecular weight excluding hydrogens is 432 g/mol. The van der Waals surface area contributed by atoms with E-state index in [1.807, 2.05) is 7.05 Å². The number of aromatic nitrogens is 4. The van der Waals surface area contributed by atoms with Crippen LogP contribution in [0.25, 0.3) is 11.0 Å². The summed E-state index contributed by atoms with van der Waals surface area (Å²) >= 11 is 0. The summed E-state index contributed by atoms with van der Waals surface area (Å²) in [4.78, 5) is 38.1. The van der Waals surface area contributed by atoms with Gasteiger partial charge in [0.2, 0.25) is 5.91 Å². The van der Waals surface area contributed by atoms with E-state index in [2.05, 4.69) is 25.3 Å². The summed E-state index contributed by atoms with van der Waals surface area (Å²) in [5.74, 6) is -2.69. The molecule has 2 aromatic heterocycles. The summed E-state index contributed by atoms with van der Waals surface area (Å²) in [5, 5.41) is 7.59. The van der Waals surface area contributed by atoms with Crippen LogP contribution < -0.4 is 10.2 Å². The van der Waals surface area contributed by atoms with Crippen LogP contribution in [0.1, 0.15) is 24.2 Å². The van der Waals surface area contributed by atoms with Crippen molar-refractivity contribution in [1.29, 1.82) is 0 Å². The first kappa shape index (κ1) is 22.6. The summed E-state index contributed by atoms with van der Waals surface area (Å²) in [6.45, 7) is 5.45. The number of benzene rings is 1. The third-order valence-electron chi connectivity index (χ3n) is 5.81. The number of anilines is 1. The largest absolute Gasteiger partial charge is 0.352 e. The van der Waals surface area contributed by atoms with Gasteiger partial charge in [-0.1, -0.05) is 19.9 Å². The lowest BCUT2D eigenvalue weighted by Crippen LogP contribution is -2.56. The summed E-state index contributed by atoms with van der Waals surface area (Å²) < 4.78 is 29.7. The van der Waals surface area contributed by atoms with E-state index in [1.54, 1.807) is 29.6 Å². The summed E-state index contributed by atoms with van der Waals surface area (Å²) in [7, 11) is 1.81. The number of aryl methyl sites for hydroxylation is 1. The molecule has 9 nitrogen and oxygen atoms in total. The average molecular weight is 457 g/mol. The number of carbonyl (C=O) groups excluding carboxylic acids is 2. The minimum absolute atomic E-state index is 0.272. The van der Waals surface area contributed by atoms with Crippen LogP contribution in [-0.2, 0) is 11.8 Å². The van der Waals surface area contributed by atoms with Crippen LogP contribution in [-0.4, -0.2) is 68.7 Å². The highest BCUT2D eigenvalue weighted by Gasteiger charge is 2.32. The highest BCUT2D eigenvalue weighted by molar-refractivity contribution is 5.98. The highest BCUT2D eigenvalue weighted by atomic mass is 19.1. The number of piperazine rings is 1. The number of halogens is 2. The standard InChI is InChI=1S/C22H25F2N7O2/c1-13(2)18(28-21(32)17-15(23)5-4-6-16(17)24)22(33)31-9-7-30(8-10-31)20-14-11-27-29(3)19(14)25-12-26-20/h4-6,11-13,18H,7-10H2,1-3H3,(H,28,32)/t18-/m1/s1. The maximum atomic E-state index is 14.0. The van der Waals surface area contributed by atoms with Crippen LogP contribution in [0.15, 0.2) is 30.7 Å².